The van der Waals surface area contributed by atoms with Crippen LogP contribution in [0.25, 0.3) is 0 Å². The standard InChI is InChI=1S/C14H14N2O8S2/c1-22-10-5-7(4-8(13(17)18)12(10)23-2)26(20,21)16-9-6-25-15-11(9)14(19)24-3/h4-6,16H,1-3H3,(H,17,18). The molecule has 0 radical (unpaired) electrons. The molecule has 2 rings (SSSR count). The molecule has 0 spiro atoms. The number of anilines is 1. The lowest BCUT2D eigenvalue weighted by molar-refractivity contribution is 0.0595. The van der Waals surface area contributed by atoms with Gasteiger partial charge in [0.25, 0.3) is 10.0 Å². The summed E-state index contributed by atoms with van der Waals surface area (Å²) in [6.45, 7) is 0. The zero-order valence-corrected chi connectivity index (χ0v) is 15.4. The summed E-state index contributed by atoms with van der Waals surface area (Å²) >= 11 is 0.851. The van der Waals surface area contributed by atoms with E-state index in [4.69, 9.17) is 9.47 Å². The molecule has 2 N–H and O–H groups in total. The molecule has 1 heterocycles. The van der Waals surface area contributed by atoms with Crippen molar-refractivity contribution in [1.29, 1.82) is 0 Å². The number of carboxylic acids is 1. The molecular weight excluding hydrogens is 388 g/mol. The number of sulfonamides is 1. The zero-order valence-electron chi connectivity index (χ0n) is 13.8. The molecule has 0 aliphatic carbocycles. The summed E-state index contributed by atoms with van der Waals surface area (Å²) in [5.74, 6) is -2.41. The largest absolute Gasteiger partial charge is 0.493 e. The fourth-order valence-electron chi connectivity index (χ4n) is 2.01. The maximum absolute atomic E-state index is 12.6. The Bertz CT molecular complexity index is 952. The number of nitrogens with one attached hydrogen (secondary N) is 1. The van der Waals surface area contributed by atoms with Crippen molar-refractivity contribution in [1.82, 2.24) is 4.37 Å². The van der Waals surface area contributed by atoms with E-state index in [2.05, 4.69) is 13.8 Å². The SMILES string of the molecule is COC(=O)c1nscc1NS(=O)(=O)c1cc(OC)c(OC)c(C(=O)O)c1. The van der Waals surface area contributed by atoms with Crippen LogP contribution in [0, 0.1) is 0 Å². The molecule has 10 nitrogen and oxygen atoms in total. The van der Waals surface area contributed by atoms with Gasteiger partial charge in [0.05, 0.1) is 31.9 Å². The number of ether oxygens (including phenoxy) is 3. The Morgan fingerprint density at radius 1 is 1.19 bits per heavy atom. The maximum atomic E-state index is 12.6. The number of nitrogens with zero attached hydrogens (tertiary/aromatic N) is 1. The van der Waals surface area contributed by atoms with Gasteiger partial charge in [-0.2, -0.15) is 4.37 Å². The van der Waals surface area contributed by atoms with Crippen LogP contribution in [-0.2, 0) is 14.8 Å². The van der Waals surface area contributed by atoms with E-state index in [0.717, 1.165) is 30.8 Å². The quantitative estimate of drug-likeness (QED) is 0.658. The lowest BCUT2D eigenvalue weighted by Gasteiger charge is -2.14. The van der Waals surface area contributed by atoms with Crippen molar-refractivity contribution in [2.45, 2.75) is 4.90 Å². The monoisotopic (exact) mass is 402 g/mol. The third-order valence-electron chi connectivity index (χ3n) is 3.19. The van der Waals surface area contributed by atoms with E-state index in [1.165, 1.54) is 19.6 Å². The van der Waals surface area contributed by atoms with Crippen LogP contribution in [-0.4, -0.2) is 51.2 Å². The average molecular weight is 402 g/mol. The molecule has 0 bridgehead atoms. The number of hydrogen-bond donors (Lipinski definition) is 2. The van der Waals surface area contributed by atoms with E-state index in [9.17, 15) is 23.1 Å². The van der Waals surface area contributed by atoms with E-state index in [1.807, 2.05) is 0 Å². The molecule has 0 aliphatic heterocycles. The summed E-state index contributed by atoms with van der Waals surface area (Å²) in [4.78, 5) is 22.6. The highest BCUT2D eigenvalue weighted by molar-refractivity contribution is 7.92. The fourth-order valence-corrected chi connectivity index (χ4v) is 3.79. The number of esters is 1. The molecule has 1 aromatic carbocycles. The second kappa shape index (κ2) is 7.58. The predicted molar refractivity (Wildman–Crippen MR) is 90.8 cm³/mol. The first-order chi connectivity index (χ1) is 12.2. The lowest BCUT2D eigenvalue weighted by Crippen LogP contribution is -2.16. The summed E-state index contributed by atoms with van der Waals surface area (Å²) in [5, 5.41) is 10.6. The van der Waals surface area contributed by atoms with Crippen LogP contribution in [0.5, 0.6) is 11.5 Å². The van der Waals surface area contributed by atoms with Gasteiger partial charge in [0.1, 0.15) is 5.56 Å². The third kappa shape index (κ3) is 3.70. The Kier molecular flexibility index (Phi) is 5.67. The molecule has 0 unspecified atom stereocenters. The molecule has 0 fully saturated rings. The number of benzene rings is 1. The van der Waals surface area contributed by atoms with Gasteiger partial charge in [0, 0.05) is 11.4 Å². The molecule has 0 aliphatic rings. The molecule has 0 saturated heterocycles. The van der Waals surface area contributed by atoms with E-state index in [1.54, 1.807) is 0 Å². The maximum Gasteiger partial charge on any atom is 0.359 e. The van der Waals surface area contributed by atoms with Crippen molar-refractivity contribution < 1.29 is 37.3 Å². The Morgan fingerprint density at radius 3 is 2.42 bits per heavy atom. The van der Waals surface area contributed by atoms with Gasteiger partial charge in [0.2, 0.25) is 0 Å². The van der Waals surface area contributed by atoms with Crippen LogP contribution < -0.4 is 14.2 Å². The second-order valence-electron chi connectivity index (χ2n) is 4.69. The highest BCUT2D eigenvalue weighted by atomic mass is 32.2. The van der Waals surface area contributed by atoms with Gasteiger partial charge in [-0.15, -0.1) is 0 Å². The Hall–Kier alpha value is -2.86. The van der Waals surface area contributed by atoms with Gasteiger partial charge in [-0.05, 0) is 17.6 Å². The third-order valence-corrected chi connectivity index (χ3v) is 5.16. The molecule has 26 heavy (non-hydrogen) atoms. The highest BCUT2D eigenvalue weighted by Crippen LogP contribution is 2.35. The average Bonchev–Trinajstić information content (AvgIpc) is 3.06. The Balaban J connectivity index is 2.53. The molecular formula is C14H14N2O8S2. The van der Waals surface area contributed by atoms with E-state index in [0.29, 0.717) is 0 Å². The first kappa shape index (κ1) is 19.5. The first-order valence-electron chi connectivity index (χ1n) is 6.80. The topological polar surface area (TPSA) is 141 Å². The molecule has 2 aromatic rings. The van der Waals surface area contributed by atoms with Gasteiger partial charge in [-0.1, -0.05) is 0 Å². The first-order valence-corrected chi connectivity index (χ1v) is 9.12. The van der Waals surface area contributed by atoms with E-state index < -0.39 is 32.4 Å². The summed E-state index contributed by atoms with van der Waals surface area (Å²) < 4.78 is 45.7. The highest BCUT2D eigenvalue weighted by Gasteiger charge is 2.26. The van der Waals surface area contributed by atoms with Gasteiger partial charge in [-0.3, -0.25) is 4.72 Å². The van der Waals surface area contributed by atoms with E-state index in [-0.39, 0.29) is 22.9 Å². The Morgan fingerprint density at radius 2 is 1.88 bits per heavy atom. The molecule has 0 amide bonds. The number of carbonyl (C=O) groups is 2. The van der Waals surface area contributed by atoms with Gasteiger partial charge in [0.15, 0.2) is 17.2 Å². The normalized spacial score (nSPS) is 10.9. The summed E-state index contributed by atoms with van der Waals surface area (Å²) in [7, 11) is -0.645. The van der Waals surface area contributed by atoms with Gasteiger partial charge >= 0.3 is 11.9 Å². The Labute approximate surface area is 152 Å². The summed E-state index contributed by atoms with van der Waals surface area (Å²) in [6, 6.07) is 2.02. The van der Waals surface area contributed by atoms with Crippen LogP contribution in [0.15, 0.2) is 22.4 Å². The molecule has 0 atom stereocenters. The molecule has 1 aromatic heterocycles. The van der Waals surface area contributed by atoms with Crippen molar-refractivity contribution in [3.05, 3.63) is 28.8 Å². The molecule has 140 valence electrons. The number of carboxylic acid groups (broad SMARTS) is 1. The minimum Gasteiger partial charge on any atom is -0.493 e. The predicted octanol–water partition coefficient (Wildman–Crippen LogP) is 1.45. The van der Waals surface area contributed by atoms with Gasteiger partial charge in [-0.25, -0.2) is 18.0 Å². The lowest BCUT2D eigenvalue weighted by atomic mass is 10.2. The minimum atomic E-state index is -4.25. The number of methoxy groups -OCH3 is 3. The van der Waals surface area contributed by atoms with Gasteiger partial charge < -0.3 is 19.3 Å². The number of aromatic carboxylic acids is 1. The number of rotatable bonds is 7. The minimum absolute atomic E-state index is 0.0792. The zero-order chi connectivity index (χ0) is 19.5. The summed E-state index contributed by atoms with van der Waals surface area (Å²) in [6.07, 6.45) is 0. The van der Waals surface area contributed by atoms with Crippen molar-refractivity contribution in [2.75, 3.05) is 26.1 Å². The number of hydrogen-bond acceptors (Lipinski definition) is 9. The fraction of sp³-hybridized carbons (Fsp3) is 0.214. The van der Waals surface area contributed by atoms with Crippen LogP contribution in [0.2, 0.25) is 0 Å². The van der Waals surface area contributed by atoms with Crippen molar-refractivity contribution in [3.8, 4) is 11.5 Å². The second-order valence-corrected chi connectivity index (χ2v) is 7.00. The van der Waals surface area contributed by atoms with Crippen LogP contribution in [0.3, 0.4) is 0 Å². The van der Waals surface area contributed by atoms with E-state index >= 15 is 0 Å². The number of carbonyl (C=O) groups excluding carboxylic acids is 1. The van der Waals surface area contributed by atoms with Crippen molar-refractivity contribution >= 4 is 39.2 Å². The van der Waals surface area contributed by atoms with Crippen molar-refractivity contribution in [3.63, 3.8) is 0 Å². The van der Waals surface area contributed by atoms with Crippen molar-refractivity contribution in [2.24, 2.45) is 0 Å². The van der Waals surface area contributed by atoms with Crippen LogP contribution in [0.4, 0.5) is 5.69 Å². The van der Waals surface area contributed by atoms with Crippen LogP contribution >= 0.6 is 11.5 Å². The molecule has 0 saturated carbocycles. The number of aromatic nitrogens is 1. The smallest absolute Gasteiger partial charge is 0.359 e. The van der Waals surface area contributed by atoms with Crippen LogP contribution in [0.1, 0.15) is 20.8 Å². The summed E-state index contributed by atoms with van der Waals surface area (Å²) in [5.41, 5.74) is -0.697. The molecule has 12 heteroatoms.